The van der Waals surface area contributed by atoms with Gasteiger partial charge in [0.15, 0.2) is 0 Å². The van der Waals surface area contributed by atoms with E-state index >= 15 is 0 Å². The number of hydrogen-bond acceptors (Lipinski definition) is 5. The highest BCUT2D eigenvalue weighted by atomic mass is 35.5. The Morgan fingerprint density at radius 3 is 2.21 bits per heavy atom. The molecule has 3 aromatic carbocycles. The molecule has 1 amide bonds. The Balaban J connectivity index is 1.26. The minimum absolute atomic E-state index is 0.0418. The molecule has 0 heterocycles. The number of sulfonamides is 1. The number of ether oxygens (including phenoxy) is 1. The molecular weight excluding hydrogens is 551 g/mol. The molecule has 3 aromatic rings. The molecule has 8 nitrogen and oxygen atoms in total. The molecule has 1 aliphatic carbocycles. The first-order valence-corrected chi connectivity index (χ1v) is 14.2. The summed E-state index contributed by atoms with van der Waals surface area (Å²) in [7, 11) is -3.88. The van der Waals surface area contributed by atoms with E-state index in [0.717, 1.165) is 22.3 Å². The van der Waals surface area contributed by atoms with Crippen LogP contribution in [0.15, 0.2) is 71.6 Å². The second-order valence-corrected chi connectivity index (χ2v) is 11.4. The largest absolute Gasteiger partial charge is 0.480 e. The number of carboxylic acid groups (broad SMARTS) is 1. The van der Waals surface area contributed by atoms with Crippen molar-refractivity contribution in [3.05, 3.63) is 87.9 Å². The van der Waals surface area contributed by atoms with Crippen molar-refractivity contribution in [1.82, 2.24) is 10.0 Å². The summed E-state index contributed by atoms with van der Waals surface area (Å²) in [6, 6.07) is 18.8. The molecule has 0 fully saturated rings. The van der Waals surface area contributed by atoms with Gasteiger partial charge in [-0.2, -0.15) is 0 Å². The van der Waals surface area contributed by atoms with Crippen molar-refractivity contribution in [2.45, 2.75) is 36.1 Å². The Morgan fingerprint density at radius 2 is 1.58 bits per heavy atom. The van der Waals surface area contributed by atoms with Crippen LogP contribution in [0.25, 0.3) is 11.1 Å². The molecule has 4 rings (SSSR count). The number of carbonyl (C=O) groups is 2. The Bertz CT molecular complexity index is 1400. The summed E-state index contributed by atoms with van der Waals surface area (Å²) in [5.74, 6) is -1.35. The fourth-order valence-electron chi connectivity index (χ4n) is 4.48. The summed E-state index contributed by atoms with van der Waals surface area (Å²) in [4.78, 5) is 24.0. The van der Waals surface area contributed by atoms with Gasteiger partial charge in [-0.3, -0.25) is 0 Å². The normalized spacial score (nSPS) is 13.4. The molecule has 0 unspecified atom stereocenters. The van der Waals surface area contributed by atoms with Crippen LogP contribution in [0.4, 0.5) is 4.79 Å². The zero-order valence-corrected chi connectivity index (χ0v) is 22.5. The molecule has 1 aliphatic rings. The van der Waals surface area contributed by atoms with Crippen LogP contribution in [0.5, 0.6) is 0 Å². The Morgan fingerprint density at radius 1 is 0.947 bits per heavy atom. The number of benzene rings is 3. The molecule has 0 aromatic heterocycles. The maximum Gasteiger partial charge on any atom is 0.407 e. The zero-order valence-electron chi connectivity index (χ0n) is 20.2. The fourth-order valence-corrected chi connectivity index (χ4v) is 6.32. The lowest BCUT2D eigenvalue weighted by molar-refractivity contribution is -0.139. The molecule has 1 atom stereocenters. The van der Waals surface area contributed by atoms with Gasteiger partial charge >= 0.3 is 12.1 Å². The van der Waals surface area contributed by atoms with Gasteiger partial charge in [0, 0.05) is 17.5 Å². The van der Waals surface area contributed by atoms with Gasteiger partial charge in [-0.15, -0.1) is 0 Å². The maximum atomic E-state index is 12.5. The van der Waals surface area contributed by atoms with Crippen molar-refractivity contribution in [2.75, 3.05) is 13.2 Å². The number of carbonyl (C=O) groups excluding carboxylic acids is 1. The quantitative estimate of drug-likeness (QED) is 0.261. The molecular formula is C27H26Cl2N2O6S. The van der Waals surface area contributed by atoms with Crippen molar-refractivity contribution in [3.63, 3.8) is 0 Å². The number of carboxylic acids is 1. The van der Waals surface area contributed by atoms with E-state index in [1.807, 2.05) is 48.5 Å². The fraction of sp³-hybridized carbons (Fsp3) is 0.259. The van der Waals surface area contributed by atoms with Crippen LogP contribution < -0.4 is 10.0 Å². The van der Waals surface area contributed by atoms with E-state index in [0.29, 0.717) is 12.8 Å². The molecule has 11 heteroatoms. The molecule has 0 saturated heterocycles. The minimum atomic E-state index is -3.88. The van der Waals surface area contributed by atoms with E-state index in [1.54, 1.807) is 0 Å². The van der Waals surface area contributed by atoms with Crippen molar-refractivity contribution in [3.8, 4) is 11.1 Å². The Hall–Kier alpha value is -3.11. The van der Waals surface area contributed by atoms with E-state index < -0.39 is 28.1 Å². The Kier molecular flexibility index (Phi) is 8.94. The Labute approximate surface area is 231 Å². The van der Waals surface area contributed by atoms with E-state index in [1.165, 1.54) is 18.2 Å². The van der Waals surface area contributed by atoms with E-state index in [4.69, 9.17) is 27.9 Å². The summed E-state index contributed by atoms with van der Waals surface area (Å²) >= 11 is 11.8. The van der Waals surface area contributed by atoms with Crippen LogP contribution >= 0.6 is 23.2 Å². The molecule has 0 aliphatic heterocycles. The van der Waals surface area contributed by atoms with Crippen molar-refractivity contribution in [1.29, 1.82) is 0 Å². The smallest absolute Gasteiger partial charge is 0.407 e. The van der Waals surface area contributed by atoms with Crippen LogP contribution in [0.3, 0.4) is 0 Å². The highest BCUT2D eigenvalue weighted by Gasteiger charge is 2.29. The number of nitrogens with one attached hydrogen (secondary N) is 2. The van der Waals surface area contributed by atoms with E-state index in [9.17, 15) is 23.1 Å². The molecule has 200 valence electrons. The maximum absolute atomic E-state index is 12.5. The van der Waals surface area contributed by atoms with Crippen LogP contribution in [-0.2, 0) is 19.6 Å². The molecule has 0 spiro atoms. The topological polar surface area (TPSA) is 122 Å². The first-order valence-electron chi connectivity index (χ1n) is 12.0. The highest BCUT2D eigenvalue weighted by Crippen LogP contribution is 2.44. The number of halogens is 2. The lowest BCUT2D eigenvalue weighted by Crippen LogP contribution is -2.41. The third-order valence-corrected chi connectivity index (χ3v) is 8.51. The van der Waals surface area contributed by atoms with Gasteiger partial charge in [-0.1, -0.05) is 71.7 Å². The summed E-state index contributed by atoms with van der Waals surface area (Å²) in [5.41, 5.74) is 4.29. The molecule has 3 N–H and O–H groups in total. The molecule has 38 heavy (non-hydrogen) atoms. The lowest BCUT2D eigenvalue weighted by Gasteiger charge is -2.17. The average molecular weight is 577 g/mol. The van der Waals surface area contributed by atoms with Gasteiger partial charge in [0.05, 0.1) is 5.02 Å². The summed E-state index contributed by atoms with van der Waals surface area (Å²) in [6.07, 6.45) is -0.0466. The van der Waals surface area contributed by atoms with Gasteiger partial charge in [0.2, 0.25) is 10.0 Å². The lowest BCUT2D eigenvalue weighted by atomic mass is 9.98. The van der Waals surface area contributed by atoms with Gasteiger partial charge in [-0.25, -0.2) is 22.7 Å². The first-order chi connectivity index (χ1) is 18.2. The van der Waals surface area contributed by atoms with Crippen molar-refractivity contribution < 1.29 is 27.9 Å². The first kappa shape index (κ1) is 27.9. The number of alkyl carbamates (subject to hydrolysis) is 1. The number of fused-ring (bicyclic) bond motifs is 3. The summed E-state index contributed by atoms with van der Waals surface area (Å²) < 4.78 is 32.8. The second-order valence-electron chi connectivity index (χ2n) is 8.83. The van der Waals surface area contributed by atoms with Gasteiger partial charge in [-0.05, 0) is 59.7 Å². The highest BCUT2D eigenvalue weighted by molar-refractivity contribution is 7.89. The van der Waals surface area contributed by atoms with E-state index in [2.05, 4.69) is 10.0 Å². The van der Waals surface area contributed by atoms with Crippen molar-refractivity contribution >= 4 is 45.3 Å². The second kappa shape index (κ2) is 12.2. The van der Waals surface area contributed by atoms with Crippen molar-refractivity contribution in [2.24, 2.45) is 0 Å². The summed E-state index contributed by atoms with van der Waals surface area (Å²) in [6.45, 7) is 0.127. The predicted molar refractivity (Wildman–Crippen MR) is 145 cm³/mol. The van der Waals surface area contributed by atoms with Gasteiger partial charge < -0.3 is 15.2 Å². The van der Waals surface area contributed by atoms with Crippen LogP contribution in [0, 0.1) is 0 Å². The third-order valence-electron chi connectivity index (χ3n) is 6.33. The predicted octanol–water partition coefficient (Wildman–Crippen LogP) is 5.43. The van der Waals surface area contributed by atoms with Gasteiger partial charge in [0.1, 0.15) is 17.5 Å². The van der Waals surface area contributed by atoms with Crippen LogP contribution in [-0.4, -0.2) is 44.8 Å². The molecule has 0 saturated carbocycles. The number of hydrogen-bond donors (Lipinski definition) is 3. The number of rotatable bonds is 11. The third kappa shape index (κ3) is 6.47. The number of aliphatic carboxylic acids is 1. The standard InChI is InChI=1S/C27H26Cl2N2O6S/c28-17-12-13-23(29)25(15-17)38(35,36)30-14-6-5-11-24(26(32)33)31-27(34)37-16-22-20-9-3-1-7-18(20)19-8-2-4-10-21(19)22/h1-4,7-10,12-13,15,22,24,30H,5-6,11,14,16H2,(H,31,34)(H,32,33)/t24-/m0/s1. The average Bonchev–Trinajstić information content (AvgIpc) is 3.21. The van der Waals surface area contributed by atoms with Crippen LogP contribution in [0.1, 0.15) is 36.3 Å². The molecule has 0 radical (unpaired) electrons. The van der Waals surface area contributed by atoms with E-state index in [-0.39, 0.29) is 40.4 Å². The van der Waals surface area contributed by atoms with Gasteiger partial charge in [0.25, 0.3) is 0 Å². The minimum Gasteiger partial charge on any atom is -0.480 e. The number of unbranched alkanes of at least 4 members (excludes halogenated alkanes) is 1. The molecule has 0 bridgehead atoms. The summed E-state index contributed by atoms with van der Waals surface area (Å²) in [5, 5.41) is 12.2. The SMILES string of the molecule is O=C(N[C@@H](CCCCNS(=O)(=O)c1cc(Cl)ccc1Cl)C(=O)O)OCC1c2ccccc2-c2ccccc21. The zero-order chi connectivity index (χ0) is 27.3. The number of amides is 1. The van der Waals surface area contributed by atoms with Crippen LogP contribution in [0.2, 0.25) is 10.0 Å². The monoisotopic (exact) mass is 576 g/mol.